The Labute approximate surface area is 140 Å². The van der Waals surface area contributed by atoms with Gasteiger partial charge in [0.15, 0.2) is 0 Å². The summed E-state index contributed by atoms with van der Waals surface area (Å²) in [4.78, 5) is 17.3. The minimum Gasteiger partial charge on any atom is -0.337 e. The second kappa shape index (κ2) is 7.63. The summed E-state index contributed by atoms with van der Waals surface area (Å²) in [5.74, 6) is 0.0375. The third-order valence-electron chi connectivity index (χ3n) is 5.80. The molecule has 1 amide bonds. The third kappa shape index (κ3) is 4.24. The number of nitrogens with one attached hydrogen (secondary N) is 1. The van der Waals surface area contributed by atoms with Gasteiger partial charge in [-0.3, -0.25) is 14.6 Å². The fourth-order valence-corrected chi connectivity index (χ4v) is 4.51. The van der Waals surface area contributed by atoms with Crippen molar-refractivity contribution >= 4 is 5.91 Å². The molecule has 0 aromatic carbocycles. The molecule has 3 aliphatic rings. The van der Waals surface area contributed by atoms with Crippen LogP contribution in [-0.4, -0.2) is 60.0 Å². The van der Waals surface area contributed by atoms with Crippen molar-refractivity contribution in [2.75, 3.05) is 32.7 Å². The Morgan fingerprint density at radius 3 is 2.52 bits per heavy atom. The molecule has 1 atom stereocenters. The molecule has 1 saturated carbocycles. The molecule has 2 heterocycles. The zero-order valence-electron chi connectivity index (χ0n) is 14.2. The van der Waals surface area contributed by atoms with Crippen molar-refractivity contribution in [1.82, 2.24) is 15.1 Å². The van der Waals surface area contributed by atoms with E-state index in [1.54, 1.807) is 0 Å². The SMILES string of the molecule is N#CC1(NC(=O)CN2CCC[C@H](N3CCCC3)C2)CCCCC1. The minimum atomic E-state index is -0.598. The fraction of sp³-hybridized carbons (Fsp3) is 0.889. The van der Waals surface area contributed by atoms with Crippen molar-refractivity contribution in [3.8, 4) is 6.07 Å². The zero-order chi connectivity index (χ0) is 16.1. The van der Waals surface area contributed by atoms with E-state index in [1.165, 1.54) is 45.2 Å². The van der Waals surface area contributed by atoms with Gasteiger partial charge in [0.05, 0.1) is 12.6 Å². The molecule has 0 aromatic rings. The summed E-state index contributed by atoms with van der Waals surface area (Å²) in [6.07, 6.45) is 9.99. The largest absolute Gasteiger partial charge is 0.337 e. The summed E-state index contributed by atoms with van der Waals surface area (Å²) < 4.78 is 0. The lowest BCUT2D eigenvalue weighted by Gasteiger charge is -2.38. The normalized spacial score (nSPS) is 29.1. The van der Waals surface area contributed by atoms with E-state index in [-0.39, 0.29) is 5.91 Å². The molecular formula is C18H30N4O. The number of rotatable bonds is 4. The third-order valence-corrected chi connectivity index (χ3v) is 5.80. The van der Waals surface area contributed by atoms with Crippen molar-refractivity contribution in [3.63, 3.8) is 0 Å². The predicted molar refractivity (Wildman–Crippen MR) is 89.8 cm³/mol. The first kappa shape index (κ1) is 16.7. The van der Waals surface area contributed by atoms with Crippen molar-refractivity contribution in [2.24, 2.45) is 0 Å². The van der Waals surface area contributed by atoms with Gasteiger partial charge in [0, 0.05) is 12.6 Å². The van der Waals surface area contributed by atoms with E-state index in [2.05, 4.69) is 21.2 Å². The second-order valence-corrected chi connectivity index (χ2v) is 7.58. The van der Waals surface area contributed by atoms with Crippen molar-refractivity contribution in [3.05, 3.63) is 0 Å². The first-order valence-corrected chi connectivity index (χ1v) is 9.39. The van der Waals surface area contributed by atoms with Gasteiger partial charge in [-0.2, -0.15) is 5.26 Å². The van der Waals surface area contributed by atoms with Gasteiger partial charge in [0.1, 0.15) is 5.54 Å². The van der Waals surface area contributed by atoms with Crippen molar-refractivity contribution in [1.29, 1.82) is 5.26 Å². The highest BCUT2D eigenvalue weighted by Gasteiger charge is 2.34. The molecule has 2 saturated heterocycles. The summed E-state index contributed by atoms with van der Waals surface area (Å²) in [6.45, 7) is 4.92. The molecule has 23 heavy (non-hydrogen) atoms. The molecule has 3 rings (SSSR count). The molecule has 5 heteroatoms. The highest BCUT2D eigenvalue weighted by atomic mass is 16.2. The van der Waals surface area contributed by atoms with Gasteiger partial charge in [-0.15, -0.1) is 0 Å². The first-order chi connectivity index (χ1) is 11.2. The van der Waals surface area contributed by atoms with Gasteiger partial charge in [0.25, 0.3) is 0 Å². The maximum Gasteiger partial charge on any atom is 0.235 e. The Morgan fingerprint density at radius 1 is 1.09 bits per heavy atom. The van der Waals surface area contributed by atoms with E-state index in [1.807, 2.05) is 0 Å². The van der Waals surface area contributed by atoms with Crippen LogP contribution in [0.2, 0.25) is 0 Å². The molecule has 3 fully saturated rings. The lowest BCUT2D eigenvalue weighted by molar-refractivity contribution is -0.124. The summed E-state index contributed by atoms with van der Waals surface area (Å²) >= 11 is 0. The molecule has 0 spiro atoms. The average Bonchev–Trinajstić information content (AvgIpc) is 3.10. The van der Waals surface area contributed by atoms with E-state index in [0.29, 0.717) is 12.6 Å². The van der Waals surface area contributed by atoms with Gasteiger partial charge in [-0.25, -0.2) is 0 Å². The molecule has 128 valence electrons. The topological polar surface area (TPSA) is 59.4 Å². The lowest BCUT2D eigenvalue weighted by atomic mass is 9.83. The van der Waals surface area contributed by atoms with Gasteiger partial charge in [-0.1, -0.05) is 19.3 Å². The van der Waals surface area contributed by atoms with Crippen LogP contribution in [0.15, 0.2) is 0 Å². The Balaban J connectivity index is 1.49. The number of nitriles is 1. The van der Waals surface area contributed by atoms with E-state index < -0.39 is 5.54 Å². The van der Waals surface area contributed by atoms with Crippen LogP contribution in [0.25, 0.3) is 0 Å². The molecule has 1 N–H and O–H groups in total. The summed E-state index contributed by atoms with van der Waals surface area (Å²) in [5.41, 5.74) is -0.598. The average molecular weight is 318 g/mol. The highest BCUT2D eigenvalue weighted by molar-refractivity contribution is 5.79. The number of carbonyl (C=O) groups is 1. The minimum absolute atomic E-state index is 0.0375. The number of nitrogens with zero attached hydrogens (tertiary/aromatic N) is 3. The van der Waals surface area contributed by atoms with Crippen LogP contribution in [0.3, 0.4) is 0 Å². The molecule has 0 aromatic heterocycles. The van der Waals surface area contributed by atoms with Crippen LogP contribution in [0, 0.1) is 11.3 Å². The Bertz CT molecular complexity index is 446. The lowest BCUT2D eigenvalue weighted by Crippen LogP contribution is -2.54. The summed E-state index contributed by atoms with van der Waals surface area (Å²) in [6, 6.07) is 3.00. The van der Waals surface area contributed by atoms with Crippen LogP contribution in [0.1, 0.15) is 57.8 Å². The number of carbonyl (C=O) groups excluding carboxylic acids is 1. The molecule has 1 aliphatic carbocycles. The molecule has 0 radical (unpaired) electrons. The Hall–Kier alpha value is -1.12. The van der Waals surface area contributed by atoms with Gasteiger partial charge in [-0.05, 0) is 58.2 Å². The van der Waals surface area contributed by atoms with Crippen LogP contribution in [0.5, 0.6) is 0 Å². The molecule has 0 bridgehead atoms. The number of amides is 1. The monoisotopic (exact) mass is 318 g/mol. The van der Waals surface area contributed by atoms with E-state index >= 15 is 0 Å². The fourth-order valence-electron chi connectivity index (χ4n) is 4.51. The van der Waals surface area contributed by atoms with Crippen LogP contribution >= 0.6 is 0 Å². The molecular weight excluding hydrogens is 288 g/mol. The van der Waals surface area contributed by atoms with Gasteiger partial charge in [0.2, 0.25) is 5.91 Å². The molecule has 5 nitrogen and oxygen atoms in total. The maximum atomic E-state index is 12.5. The number of hydrogen-bond donors (Lipinski definition) is 1. The maximum absolute atomic E-state index is 12.5. The van der Waals surface area contributed by atoms with Crippen LogP contribution in [0.4, 0.5) is 0 Å². The van der Waals surface area contributed by atoms with E-state index in [4.69, 9.17) is 0 Å². The predicted octanol–water partition coefficient (Wildman–Crippen LogP) is 1.89. The molecule has 2 aliphatic heterocycles. The standard InChI is InChI=1S/C18H30N4O/c19-15-18(8-2-1-3-9-18)20-17(23)14-21-10-6-7-16(13-21)22-11-4-5-12-22/h16H,1-14H2,(H,20,23)/t16-/m0/s1. The zero-order valence-corrected chi connectivity index (χ0v) is 14.2. The summed E-state index contributed by atoms with van der Waals surface area (Å²) in [5, 5.41) is 12.6. The smallest absolute Gasteiger partial charge is 0.235 e. The van der Waals surface area contributed by atoms with Crippen molar-refractivity contribution < 1.29 is 4.79 Å². The quantitative estimate of drug-likeness (QED) is 0.860. The number of piperidine rings is 1. The number of hydrogen-bond acceptors (Lipinski definition) is 4. The van der Waals surface area contributed by atoms with E-state index in [9.17, 15) is 10.1 Å². The molecule has 0 unspecified atom stereocenters. The Morgan fingerprint density at radius 2 is 1.83 bits per heavy atom. The van der Waals surface area contributed by atoms with Crippen LogP contribution in [-0.2, 0) is 4.79 Å². The first-order valence-electron chi connectivity index (χ1n) is 9.39. The summed E-state index contributed by atoms with van der Waals surface area (Å²) in [7, 11) is 0. The second-order valence-electron chi connectivity index (χ2n) is 7.58. The number of likely N-dealkylation sites (tertiary alicyclic amines) is 2. The van der Waals surface area contributed by atoms with Crippen molar-refractivity contribution in [2.45, 2.75) is 69.4 Å². The highest BCUT2D eigenvalue weighted by Crippen LogP contribution is 2.27. The van der Waals surface area contributed by atoms with E-state index in [0.717, 1.165) is 38.8 Å². The van der Waals surface area contributed by atoms with Gasteiger partial charge < -0.3 is 5.32 Å². The van der Waals surface area contributed by atoms with Gasteiger partial charge >= 0.3 is 0 Å². The van der Waals surface area contributed by atoms with Crippen LogP contribution < -0.4 is 5.32 Å². The Kier molecular flexibility index (Phi) is 5.55.